The Hall–Kier alpha value is -2.92. The molecule has 0 spiro atoms. The van der Waals surface area contributed by atoms with Gasteiger partial charge in [0.1, 0.15) is 5.82 Å². The summed E-state index contributed by atoms with van der Waals surface area (Å²) >= 11 is 0. The zero-order chi connectivity index (χ0) is 29.7. The van der Waals surface area contributed by atoms with Crippen molar-refractivity contribution in [3.8, 4) is 0 Å². The molecular formula is C33H53FN2O2. The summed E-state index contributed by atoms with van der Waals surface area (Å²) in [5, 5.41) is 10.6. The van der Waals surface area contributed by atoms with Crippen molar-refractivity contribution in [3.05, 3.63) is 84.2 Å². The van der Waals surface area contributed by atoms with Gasteiger partial charge in [-0.05, 0) is 76.1 Å². The molecule has 0 aliphatic heterocycles. The minimum absolute atomic E-state index is 0.107. The van der Waals surface area contributed by atoms with Gasteiger partial charge in [-0.2, -0.15) is 0 Å². The van der Waals surface area contributed by atoms with E-state index in [0.717, 1.165) is 45.5 Å². The van der Waals surface area contributed by atoms with Crippen LogP contribution in [0.15, 0.2) is 56.1 Å². The Kier molecular flexibility index (Phi) is 21.7. The Labute approximate surface area is 232 Å². The number of rotatable bonds is 10. The van der Waals surface area contributed by atoms with E-state index in [1.54, 1.807) is 19.1 Å². The monoisotopic (exact) mass is 528 g/mol. The number of carbonyl (C=O) groups is 1. The second-order valence-corrected chi connectivity index (χ2v) is 8.83. The van der Waals surface area contributed by atoms with Crippen LogP contribution in [0.2, 0.25) is 0 Å². The van der Waals surface area contributed by atoms with E-state index in [2.05, 4.69) is 68.9 Å². The van der Waals surface area contributed by atoms with E-state index in [4.69, 9.17) is 5.11 Å². The zero-order valence-corrected chi connectivity index (χ0v) is 25.3. The number of aliphatic hydroxyl groups excluding tert-OH is 1. The summed E-state index contributed by atoms with van der Waals surface area (Å²) in [6, 6.07) is 11.2. The third-order valence-electron chi connectivity index (χ3n) is 5.71. The van der Waals surface area contributed by atoms with E-state index >= 15 is 0 Å². The molecule has 1 aliphatic carbocycles. The molecule has 0 radical (unpaired) electrons. The van der Waals surface area contributed by atoms with E-state index in [9.17, 15) is 9.18 Å². The van der Waals surface area contributed by atoms with Gasteiger partial charge in [-0.25, -0.2) is 4.39 Å². The average molecular weight is 529 g/mol. The van der Waals surface area contributed by atoms with Gasteiger partial charge in [-0.1, -0.05) is 58.0 Å². The molecule has 2 N–H and O–H groups in total. The Morgan fingerprint density at radius 2 is 1.58 bits per heavy atom. The molecule has 0 unspecified atom stereocenters. The fourth-order valence-corrected chi connectivity index (χ4v) is 3.53. The number of benzene rings is 2. The zero-order valence-electron chi connectivity index (χ0n) is 25.3. The largest absolute Gasteiger partial charge is 0.400 e. The first-order chi connectivity index (χ1) is 18.3. The molecule has 3 rings (SSSR count). The van der Waals surface area contributed by atoms with E-state index in [1.165, 1.54) is 48.3 Å². The van der Waals surface area contributed by atoms with Crippen LogP contribution in [-0.2, 0) is 0 Å². The number of halogens is 1. The summed E-state index contributed by atoms with van der Waals surface area (Å²) in [6.45, 7) is 27.4. The number of hydrogen-bond donors (Lipinski definition) is 2. The van der Waals surface area contributed by atoms with Crippen molar-refractivity contribution in [1.82, 2.24) is 4.90 Å². The summed E-state index contributed by atoms with van der Waals surface area (Å²) in [5.74, 6) is 0.455. The summed E-state index contributed by atoms with van der Waals surface area (Å²) in [4.78, 5) is 13.2. The molecule has 0 heterocycles. The molecule has 38 heavy (non-hydrogen) atoms. The number of nitrogens with one attached hydrogen (secondary N) is 1. The van der Waals surface area contributed by atoms with Gasteiger partial charge < -0.3 is 15.3 Å². The molecule has 0 bridgehead atoms. The SMILES string of the molecule is C=C.C=C(c1cc(C)ccc1NCC1CC1)N(CCC)CCC.CC.CC(=O)c1ccc(C)c(F)c1.CO. The molecule has 0 saturated heterocycles. The lowest BCUT2D eigenvalue weighted by atomic mass is 10.1. The Morgan fingerprint density at radius 1 is 1.03 bits per heavy atom. The first-order valence-electron chi connectivity index (χ1n) is 13.8. The van der Waals surface area contributed by atoms with Crippen molar-refractivity contribution in [2.45, 2.75) is 74.1 Å². The predicted molar refractivity (Wildman–Crippen MR) is 165 cm³/mol. The quantitative estimate of drug-likeness (QED) is 0.239. The van der Waals surface area contributed by atoms with Crippen LogP contribution >= 0.6 is 0 Å². The topological polar surface area (TPSA) is 52.6 Å². The molecule has 5 heteroatoms. The Morgan fingerprint density at radius 3 is 2.03 bits per heavy atom. The van der Waals surface area contributed by atoms with Gasteiger partial charge in [0.25, 0.3) is 0 Å². The van der Waals surface area contributed by atoms with Crippen molar-refractivity contribution < 1.29 is 14.3 Å². The molecule has 2 aromatic carbocycles. The van der Waals surface area contributed by atoms with Crippen molar-refractivity contribution in [2.24, 2.45) is 5.92 Å². The smallest absolute Gasteiger partial charge is 0.159 e. The van der Waals surface area contributed by atoms with Gasteiger partial charge in [-0.15, -0.1) is 13.2 Å². The van der Waals surface area contributed by atoms with Crippen LogP contribution in [0.25, 0.3) is 5.70 Å². The maximum Gasteiger partial charge on any atom is 0.159 e. The number of nitrogens with zero attached hydrogens (tertiary/aromatic N) is 1. The molecule has 0 aromatic heterocycles. The van der Waals surface area contributed by atoms with Gasteiger partial charge >= 0.3 is 0 Å². The Bertz CT molecular complexity index is 933. The van der Waals surface area contributed by atoms with Crippen LogP contribution in [0.1, 0.15) is 87.4 Å². The molecule has 4 nitrogen and oxygen atoms in total. The highest BCUT2D eigenvalue weighted by molar-refractivity contribution is 5.94. The minimum Gasteiger partial charge on any atom is -0.400 e. The number of ketones is 1. The molecule has 0 atom stereocenters. The standard InChI is InChI=1S/C19H30N2.C9H9FO.C2H6.C2H4.CH4O/c1-5-11-21(12-6-2)16(4)18-13-15(3)7-10-19(18)20-14-17-8-9-17;1-6-3-4-8(7(2)11)5-9(6)10;3*1-2/h7,10,13,17,20H,4-6,8-9,11-12,14H2,1-3H3;3-5H,1-2H3;1-2H3;1-2H2;2H,1H3. The first kappa shape index (κ1) is 37.2. The molecular weight excluding hydrogens is 475 g/mol. The third-order valence-corrected chi connectivity index (χ3v) is 5.71. The highest BCUT2D eigenvalue weighted by Crippen LogP contribution is 2.31. The van der Waals surface area contributed by atoms with E-state index in [0.29, 0.717) is 11.1 Å². The maximum atomic E-state index is 12.8. The van der Waals surface area contributed by atoms with Crippen molar-refractivity contribution in [1.29, 1.82) is 0 Å². The van der Waals surface area contributed by atoms with Crippen LogP contribution < -0.4 is 5.32 Å². The number of Topliss-reactive ketones (excluding diaryl/α,β-unsaturated/α-hetero) is 1. The first-order valence-corrected chi connectivity index (χ1v) is 13.8. The van der Waals surface area contributed by atoms with Crippen molar-refractivity contribution in [3.63, 3.8) is 0 Å². The molecule has 214 valence electrons. The Balaban J connectivity index is 0. The van der Waals surface area contributed by atoms with Gasteiger partial charge in [0.15, 0.2) is 5.78 Å². The van der Waals surface area contributed by atoms with Gasteiger partial charge in [-0.3, -0.25) is 4.79 Å². The lowest BCUT2D eigenvalue weighted by Crippen LogP contribution is -2.24. The fraction of sp³-hybridized carbons (Fsp3) is 0.485. The molecule has 1 saturated carbocycles. The lowest BCUT2D eigenvalue weighted by molar-refractivity contribution is 0.101. The van der Waals surface area contributed by atoms with Crippen molar-refractivity contribution >= 4 is 17.2 Å². The summed E-state index contributed by atoms with van der Waals surface area (Å²) < 4.78 is 12.8. The highest BCUT2D eigenvalue weighted by atomic mass is 19.1. The lowest BCUT2D eigenvalue weighted by Gasteiger charge is -2.28. The number of aryl methyl sites for hydroxylation is 2. The number of carbonyl (C=O) groups excluding carboxylic acids is 1. The highest BCUT2D eigenvalue weighted by Gasteiger charge is 2.21. The second kappa shape index (κ2) is 22.1. The van der Waals surface area contributed by atoms with Crippen LogP contribution in [0.4, 0.5) is 10.1 Å². The number of hydrogen-bond acceptors (Lipinski definition) is 4. The fourth-order valence-electron chi connectivity index (χ4n) is 3.53. The molecule has 1 fully saturated rings. The van der Waals surface area contributed by atoms with Crippen LogP contribution in [0.3, 0.4) is 0 Å². The third kappa shape index (κ3) is 14.1. The van der Waals surface area contributed by atoms with Gasteiger partial charge in [0.05, 0.1) is 0 Å². The maximum absolute atomic E-state index is 12.8. The van der Waals surface area contributed by atoms with E-state index < -0.39 is 0 Å². The normalized spacial score (nSPS) is 11.0. The van der Waals surface area contributed by atoms with Crippen molar-refractivity contribution in [2.75, 3.05) is 32.1 Å². The van der Waals surface area contributed by atoms with Crippen LogP contribution in [0.5, 0.6) is 0 Å². The van der Waals surface area contributed by atoms with Gasteiger partial charge in [0, 0.05) is 49.3 Å². The van der Waals surface area contributed by atoms with Crippen LogP contribution in [-0.4, -0.2) is 42.5 Å². The average Bonchev–Trinajstić information content (AvgIpc) is 3.77. The van der Waals surface area contributed by atoms with Crippen LogP contribution in [0, 0.1) is 25.6 Å². The van der Waals surface area contributed by atoms with E-state index in [-0.39, 0.29) is 11.6 Å². The molecule has 2 aromatic rings. The molecule has 0 amide bonds. The number of anilines is 1. The summed E-state index contributed by atoms with van der Waals surface area (Å²) in [6.07, 6.45) is 5.09. The van der Waals surface area contributed by atoms with Gasteiger partial charge in [0.2, 0.25) is 0 Å². The predicted octanol–water partition coefficient (Wildman–Crippen LogP) is 8.68. The second-order valence-electron chi connectivity index (χ2n) is 8.83. The summed E-state index contributed by atoms with van der Waals surface area (Å²) in [5.41, 5.74) is 5.98. The molecule has 1 aliphatic rings. The minimum atomic E-state index is -0.322. The number of aliphatic hydroxyl groups is 1. The van der Waals surface area contributed by atoms with E-state index in [1.807, 2.05) is 13.8 Å². The summed E-state index contributed by atoms with van der Waals surface area (Å²) in [7, 11) is 1.00.